The van der Waals surface area contributed by atoms with Gasteiger partial charge in [0.05, 0.1) is 5.69 Å². The van der Waals surface area contributed by atoms with Gasteiger partial charge in [0.15, 0.2) is 4.34 Å². The van der Waals surface area contributed by atoms with Gasteiger partial charge in [-0.05, 0) is 17.9 Å². The van der Waals surface area contributed by atoms with E-state index < -0.39 is 28.5 Å². The normalized spacial score (nSPS) is 11.6. The Kier molecular flexibility index (Phi) is 6.92. The number of carbonyl (C=O) groups is 1. The lowest BCUT2D eigenvalue weighted by Gasteiger charge is -2.26. The lowest BCUT2D eigenvalue weighted by atomic mass is 10.3. The number of rotatable bonds is 8. The summed E-state index contributed by atoms with van der Waals surface area (Å²) < 4.78 is 41.5. The number of anilines is 2. The maximum Gasteiger partial charge on any atom is 0.304 e. The van der Waals surface area contributed by atoms with Crippen molar-refractivity contribution in [1.82, 2.24) is 14.5 Å². The van der Waals surface area contributed by atoms with Crippen molar-refractivity contribution < 1.29 is 17.6 Å². The van der Waals surface area contributed by atoms with Gasteiger partial charge in [-0.15, -0.1) is 10.2 Å². The van der Waals surface area contributed by atoms with Gasteiger partial charge in [0.25, 0.3) is 0 Å². The number of thioether (sulfide) groups is 1. The Bertz CT molecular complexity index is 872. The molecule has 1 aromatic carbocycles. The van der Waals surface area contributed by atoms with E-state index in [0.717, 1.165) is 16.1 Å². The molecule has 0 aliphatic heterocycles. The highest BCUT2D eigenvalue weighted by Gasteiger charge is 2.29. The lowest BCUT2D eigenvalue weighted by molar-refractivity contribution is -0.114. The van der Waals surface area contributed by atoms with Gasteiger partial charge >= 0.3 is 10.2 Å². The molecular formula is C14H18FN5O3S3. The summed E-state index contributed by atoms with van der Waals surface area (Å²) in [7, 11) is -1.46. The predicted octanol–water partition coefficient (Wildman–Crippen LogP) is 2.04. The maximum absolute atomic E-state index is 14.1. The van der Waals surface area contributed by atoms with E-state index in [9.17, 15) is 17.6 Å². The second kappa shape index (κ2) is 8.75. The van der Waals surface area contributed by atoms with E-state index in [1.165, 1.54) is 55.4 Å². The number of nitrogens with zero attached hydrogens (tertiary/aromatic N) is 4. The molecular weight excluding hydrogens is 401 g/mol. The first-order valence-electron chi connectivity index (χ1n) is 7.46. The molecule has 142 valence electrons. The number of benzene rings is 1. The van der Waals surface area contributed by atoms with Crippen LogP contribution in [0.5, 0.6) is 0 Å². The van der Waals surface area contributed by atoms with Crippen LogP contribution in [0, 0.1) is 5.82 Å². The second-order valence-electron chi connectivity index (χ2n) is 5.10. The van der Waals surface area contributed by atoms with Crippen LogP contribution < -0.4 is 9.62 Å². The van der Waals surface area contributed by atoms with Crippen LogP contribution in [0.2, 0.25) is 0 Å². The highest BCUT2D eigenvalue weighted by Crippen LogP contribution is 2.26. The van der Waals surface area contributed by atoms with E-state index in [4.69, 9.17) is 0 Å². The van der Waals surface area contributed by atoms with E-state index in [1.54, 1.807) is 0 Å². The van der Waals surface area contributed by atoms with E-state index in [0.29, 0.717) is 8.64 Å². The molecule has 12 heteroatoms. The fourth-order valence-electron chi connectivity index (χ4n) is 1.87. The summed E-state index contributed by atoms with van der Waals surface area (Å²) in [6.45, 7) is 1.36. The summed E-state index contributed by atoms with van der Waals surface area (Å²) in [5, 5.41) is 10.5. The van der Waals surface area contributed by atoms with E-state index in [2.05, 4.69) is 15.5 Å². The zero-order chi connectivity index (χ0) is 19.3. The first-order chi connectivity index (χ1) is 12.3. The standard InChI is InChI=1S/C14H18FN5O3S3/c1-4-24-14-18-17-13(25-14)16-12(21)9-20(26(22,23)19(2)3)11-8-6-5-7-10(11)15/h5-8H,4,9H2,1-3H3,(H,16,17,21). The molecule has 26 heavy (non-hydrogen) atoms. The van der Waals surface area contributed by atoms with Gasteiger partial charge in [-0.25, -0.2) is 8.70 Å². The molecule has 2 aromatic rings. The Morgan fingerprint density at radius 2 is 2.00 bits per heavy atom. The van der Waals surface area contributed by atoms with Gasteiger partial charge in [0.1, 0.15) is 12.4 Å². The molecule has 0 bridgehead atoms. The highest BCUT2D eigenvalue weighted by molar-refractivity contribution is 8.01. The molecule has 1 amide bonds. The summed E-state index contributed by atoms with van der Waals surface area (Å²) in [5.74, 6) is -0.587. The smallest absolute Gasteiger partial charge is 0.299 e. The largest absolute Gasteiger partial charge is 0.304 e. The summed E-state index contributed by atoms with van der Waals surface area (Å²) >= 11 is 2.66. The molecule has 1 aromatic heterocycles. The fraction of sp³-hybridized carbons (Fsp3) is 0.357. The molecule has 0 atom stereocenters. The number of aromatic nitrogens is 2. The molecule has 0 saturated heterocycles. The Morgan fingerprint density at radius 3 is 2.62 bits per heavy atom. The summed E-state index contributed by atoms with van der Waals surface area (Å²) in [4.78, 5) is 12.3. The quantitative estimate of drug-likeness (QED) is 0.520. The molecule has 1 heterocycles. The summed E-state index contributed by atoms with van der Waals surface area (Å²) in [6.07, 6.45) is 0. The third-order valence-electron chi connectivity index (χ3n) is 3.07. The van der Waals surface area contributed by atoms with Gasteiger partial charge < -0.3 is 0 Å². The van der Waals surface area contributed by atoms with E-state index in [-0.39, 0.29) is 10.8 Å². The average Bonchev–Trinajstić information content (AvgIpc) is 3.00. The molecule has 2 rings (SSSR count). The van der Waals surface area contributed by atoms with Crippen LogP contribution in [0.15, 0.2) is 28.6 Å². The van der Waals surface area contributed by atoms with Crippen LogP contribution in [-0.2, 0) is 15.0 Å². The van der Waals surface area contributed by atoms with E-state index in [1.807, 2.05) is 6.92 Å². The third kappa shape index (κ3) is 4.90. The van der Waals surface area contributed by atoms with Crippen LogP contribution in [0.25, 0.3) is 0 Å². The molecule has 0 unspecified atom stereocenters. The summed E-state index contributed by atoms with van der Waals surface area (Å²) in [6, 6.07) is 5.36. The number of halogens is 1. The Balaban J connectivity index is 2.23. The third-order valence-corrected chi connectivity index (χ3v) is 6.73. The average molecular weight is 420 g/mol. The number of amides is 1. The van der Waals surface area contributed by atoms with Crippen molar-refractivity contribution in [3.05, 3.63) is 30.1 Å². The van der Waals surface area contributed by atoms with Gasteiger partial charge in [-0.2, -0.15) is 12.7 Å². The first kappa shape index (κ1) is 20.6. The molecule has 0 aliphatic rings. The van der Waals surface area contributed by atoms with Gasteiger partial charge in [-0.1, -0.05) is 42.2 Å². The maximum atomic E-state index is 14.1. The first-order valence-corrected chi connectivity index (χ1v) is 10.7. The zero-order valence-corrected chi connectivity index (χ0v) is 16.8. The van der Waals surface area contributed by atoms with Crippen LogP contribution >= 0.6 is 23.1 Å². The fourth-order valence-corrected chi connectivity index (χ4v) is 4.61. The number of hydrogen-bond donors (Lipinski definition) is 1. The van der Waals surface area contributed by atoms with Crippen molar-refractivity contribution in [2.75, 3.05) is 36.0 Å². The topological polar surface area (TPSA) is 95.5 Å². The predicted molar refractivity (Wildman–Crippen MR) is 101 cm³/mol. The molecule has 0 radical (unpaired) electrons. The Morgan fingerprint density at radius 1 is 1.31 bits per heavy atom. The molecule has 0 spiro atoms. The van der Waals surface area contributed by atoms with Crippen molar-refractivity contribution in [3.63, 3.8) is 0 Å². The minimum Gasteiger partial charge on any atom is -0.299 e. The molecule has 8 nitrogen and oxygen atoms in total. The van der Waals surface area contributed by atoms with Crippen LogP contribution in [0.1, 0.15) is 6.92 Å². The van der Waals surface area contributed by atoms with Crippen molar-refractivity contribution in [2.24, 2.45) is 0 Å². The Labute approximate surface area is 159 Å². The van der Waals surface area contributed by atoms with Gasteiger partial charge in [0.2, 0.25) is 11.0 Å². The monoisotopic (exact) mass is 419 g/mol. The van der Waals surface area contributed by atoms with Gasteiger partial charge in [-0.3, -0.25) is 10.1 Å². The number of nitrogens with one attached hydrogen (secondary N) is 1. The number of carbonyl (C=O) groups excluding carboxylic acids is 1. The molecule has 0 fully saturated rings. The summed E-state index contributed by atoms with van der Waals surface area (Å²) in [5.41, 5.74) is -0.212. The van der Waals surface area contributed by atoms with Crippen LogP contribution in [-0.4, -0.2) is 55.2 Å². The van der Waals surface area contributed by atoms with Crippen molar-refractivity contribution >= 4 is 50.0 Å². The SMILES string of the molecule is CCSc1nnc(NC(=O)CN(c2ccccc2F)S(=O)(=O)N(C)C)s1. The van der Waals surface area contributed by atoms with Crippen molar-refractivity contribution in [1.29, 1.82) is 0 Å². The minimum absolute atomic E-state index is 0.212. The second-order valence-corrected chi connectivity index (χ2v) is 9.66. The highest BCUT2D eigenvalue weighted by atomic mass is 32.2. The lowest BCUT2D eigenvalue weighted by Crippen LogP contribution is -2.44. The number of hydrogen-bond acceptors (Lipinski definition) is 7. The minimum atomic E-state index is -4.08. The molecule has 1 N–H and O–H groups in total. The molecule has 0 aliphatic carbocycles. The number of para-hydroxylation sites is 1. The molecule has 0 saturated carbocycles. The van der Waals surface area contributed by atoms with E-state index >= 15 is 0 Å². The van der Waals surface area contributed by atoms with Crippen molar-refractivity contribution in [2.45, 2.75) is 11.3 Å². The Hall–Kier alpha value is -1.76. The van der Waals surface area contributed by atoms with Crippen LogP contribution in [0.3, 0.4) is 0 Å². The van der Waals surface area contributed by atoms with Crippen LogP contribution in [0.4, 0.5) is 15.2 Å². The zero-order valence-electron chi connectivity index (χ0n) is 14.3. The van der Waals surface area contributed by atoms with Gasteiger partial charge in [0, 0.05) is 14.1 Å². The van der Waals surface area contributed by atoms with Crippen molar-refractivity contribution in [3.8, 4) is 0 Å².